The SMILES string of the molecule is C=CCNC(=NCCCC(=O)NC1CC1)NCC.I. The maximum absolute atomic E-state index is 11.4. The molecule has 1 fully saturated rings. The lowest BCUT2D eigenvalue weighted by atomic mass is 10.3. The molecule has 0 spiro atoms. The third-order valence-electron chi connectivity index (χ3n) is 2.53. The first-order valence-corrected chi connectivity index (χ1v) is 6.68. The first-order chi connectivity index (χ1) is 8.76. The molecule has 1 saturated carbocycles. The number of guanidine groups is 1. The predicted molar refractivity (Wildman–Crippen MR) is 90.0 cm³/mol. The summed E-state index contributed by atoms with van der Waals surface area (Å²) < 4.78 is 0. The fourth-order valence-corrected chi connectivity index (χ4v) is 1.47. The Bertz CT molecular complexity index is 303. The number of carbonyl (C=O) groups excluding carboxylic acids is 1. The molecule has 110 valence electrons. The Morgan fingerprint density at radius 2 is 2.16 bits per heavy atom. The normalized spacial score (nSPS) is 14.3. The maximum atomic E-state index is 11.4. The molecule has 0 aromatic carbocycles. The molecule has 1 rings (SSSR count). The summed E-state index contributed by atoms with van der Waals surface area (Å²) in [4.78, 5) is 15.8. The zero-order valence-corrected chi connectivity index (χ0v) is 13.9. The first-order valence-electron chi connectivity index (χ1n) is 6.68. The van der Waals surface area contributed by atoms with Crippen LogP contribution in [0.15, 0.2) is 17.6 Å². The number of nitrogens with zero attached hydrogens (tertiary/aromatic N) is 1. The number of aliphatic imine (C=N–C) groups is 1. The summed E-state index contributed by atoms with van der Waals surface area (Å²) in [5.41, 5.74) is 0. The van der Waals surface area contributed by atoms with Crippen LogP contribution in [0, 0.1) is 0 Å². The maximum Gasteiger partial charge on any atom is 0.220 e. The van der Waals surface area contributed by atoms with E-state index in [1.807, 2.05) is 6.92 Å². The van der Waals surface area contributed by atoms with Gasteiger partial charge in [0.05, 0.1) is 0 Å². The van der Waals surface area contributed by atoms with Crippen molar-refractivity contribution >= 4 is 35.8 Å². The van der Waals surface area contributed by atoms with Crippen LogP contribution in [0.4, 0.5) is 0 Å². The fraction of sp³-hybridized carbons (Fsp3) is 0.692. The van der Waals surface area contributed by atoms with Gasteiger partial charge in [0.2, 0.25) is 5.91 Å². The number of hydrogen-bond acceptors (Lipinski definition) is 2. The second-order valence-corrected chi connectivity index (χ2v) is 4.38. The zero-order valence-electron chi connectivity index (χ0n) is 11.6. The number of rotatable bonds is 8. The van der Waals surface area contributed by atoms with Gasteiger partial charge in [0, 0.05) is 32.1 Å². The molecule has 0 radical (unpaired) electrons. The minimum Gasteiger partial charge on any atom is -0.357 e. The quantitative estimate of drug-likeness (QED) is 0.196. The Hall–Kier alpha value is -0.790. The van der Waals surface area contributed by atoms with Gasteiger partial charge in [-0.25, -0.2) is 0 Å². The van der Waals surface area contributed by atoms with Crippen molar-refractivity contribution in [2.75, 3.05) is 19.6 Å². The van der Waals surface area contributed by atoms with Gasteiger partial charge in [-0.15, -0.1) is 30.6 Å². The van der Waals surface area contributed by atoms with Crippen LogP contribution in [0.1, 0.15) is 32.6 Å². The molecule has 3 N–H and O–H groups in total. The molecule has 1 aliphatic carbocycles. The lowest BCUT2D eigenvalue weighted by molar-refractivity contribution is -0.121. The van der Waals surface area contributed by atoms with Gasteiger partial charge < -0.3 is 16.0 Å². The molecule has 1 aliphatic rings. The van der Waals surface area contributed by atoms with E-state index in [1.54, 1.807) is 6.08 Å². The van der Waals surface area contributed by atoms with E-state index in [2.05, 4.69) is 27.5 Å². The Morgan fingerprint density at radius 3 is 2.74 bits per heavy atom. The molecular weight excluding hydrogens is 355 g/mol. The summed E-state index contributed by atoms with van der Waals surface area (Å²) in [5.74, 6) is 0.928. The molecule has 19 heavy (non-hydrogen) atoms. The van der Waals surface area contributed by atoms with Crippen LogP contribution >= 0.6 is 24.0 Å². The molecular formula is C13H25IN4O. The number of nitrogens with one attached hydrogen (secondary N) is 3. The average Bonchev–Trinajstić information content (AvgIpc) is 3.15. The van der Waals surface area contributed by atoms with Gasteiger partial charge in [0.15, 0.2) is 5.96 Å². The van der Waals surface area contributed by atoms with E-state index in [4.69, 9.17) is 0 Å². The molecule has 1 amide bonds. The molecule has 0 aromatic heterocycles. The summed E-state index contributed by atoms with van der Waals surface area (Å²) >= 11 is 0. The summed E-state index contributed by atoms with van der Waals surface area (Å²) in [7, 11) is 0. The molecule has 0 unspecified atom stereocenters. The highest BCUT2D eigenvalue weighted by Gasteiger charge is 2.22. The summed E-state index contributed by atoms with van der Waals surface area (Å²) in [6.07, 6.45) is 5.40. The van der Waals surface area contributed by atoms with Crippen molar-refractivity contribution in [3.63, 3.8) is 0 Å². The van der Waals surface area contributed by atoms with Gasteiger partial charge in [-0.05, 0) is 26.2 Å². The number of carbonyl (C=O) groups is 1. The van der Waals surface area contributed by atoms with Gasteiger partial charge in [-0.1, -0.05) is 6.08 Å². The Balaban J connectivity index is 0.00000324. The van der Waals surface area contributed by atoms with Crippen LogP contribution in [0.2, 0.25) is 0 Å². The highest BCUT2D eigenvalue weighted by Crippen LogP contribution is 2.18. The number of halogens is 1. The van der Waals surface area contributed by atoms with Crippen molar-refractivity contribution in [2.45, 2.75) is 38.6 Å². The molecule has 6 heteroatoms. The minimum absolute atomic E-state index is 0. The van der Waals surface area contributed by atoms with Crippen molar-refractivity contribution in [2.24, 2.45) is 4.99 Å². The fourth-order valence-electron chi connectivity index (χ4n) is 1.47. The minimum atomic E-state index is 0. The molecule has 0 heterocycles. The van der Waals surface area contributed by atoms with Crippen molar-refractivity contribution in [1.29, 1.82) is 0 Å². The molecule has 0 bridgehead atoms. The van der Waals surface area contributed by atoms with E-state index in [1.165, 1.54) is 0 Å². The van der Waals surface area contributed by atoms with Crippen molar-refractivity contribution in [3.8, 4) is 0 Å². The zero-order chi connectivity index (χ0) is 13.2. The van der Waals surface area contributed by atoms with Crippen LogP contribution in [0.25, 0.3) is 0 Å². The lowest BCUT2D eigenvalue weighted by Gasteiger charge is -2.09. The van der Waals surface area contributed by atoms with Gasteiger partial charge >= 0.3 is 0 Å². The van der Waals surface area contributed by atoms with E-state index >= 15 is 0 Å². The van der Waals surface area contributed by atoms with E-state index in [0.29, 0.717) is 25.6 Å². The van der Waals surface area contributed by atoms with Gasteiger partial charge in [-0.2, -0.15) is 0 Å². The highest BCUT2D eigenvalue weighted by molar-refractivity contribution is 14.0. The Kier molecular flexibility index (Phi) is 10.6. The predicted octanol–water partition coefficient (Wildman–Crippen LogP) is 1.40. The monoisotopic (exact) mass is 380 g/mol. The lowest BCUT2D eigenvalue weighted by Crippen LogP contribution is -2.37. The van der Waals surface area contributed by atoms with Crippen LogP contribution in [-0.4, -0.2) is 37.5 Å². The van der Waals surface area contributed by atoms with Gasteiger partial charge in [0.25, 0.3) is 0 Å². The topological polar surface area (TPSA) is 65.5 Å². The second-order valence-electron chi connectivity index (χ2n) is 4.38. The summed E-state index contributed by atoms with van der Waals surface area (Å²) in [6, 6.07) is 0.451. The van der Waals surface area contributed by atoms with Crippen LogP contribution in [0.3, 0.4) is 0 Å². The van der Waals surface area contributed by atoms with E-state index < -0.39 is 0 Å². The number of amides is 1. The molecule has 0 aliphatic heterocycles. The number of hydrogen-bond donors (Lipinski definition) is 3. The van der Waals surface area contributed by atoms with Crippen molar-refractivity contribution in [3.05, 3.63) is 12.7 Å². The van der Waals surface area contributed by atoms with Crippen LogP contribution in [-0.2, 0) is 4.79 Å². The molecule has 0 aromatic rings. The smallest absolute Gasteiger partial charge is 0.220 e. The summed E-state index contributed by atoms with van der Waals surface area (Å²) in [6.45, 7) is 7.84. The van der Waals surface area contributed by atoms with Crippen LogP contribution in [0.5, 0.6) is 0 Å². The van der Waals surface area contributed by atoms with E-state index in [0.717, 1.165) is 31.8 Å². The molecule has 0 saturated heterocycles. The van der Waals surface area contributed by atoms with Gasteiger partial charge in [-0.3, -0.25) is 9.79 Å². The summed E-state index contributed by atoms with van der Waals surface area (Å²) in [5, 5.41) is 9.23. The van der Waals surface area contributed by atoms with Crippen molar-refractivity contribution < 1.29 is 4.79 Å². The van der Waals surface area contributed by atoms with Crippen LogP contribution < -0.4 is 16.0 Å². The Morgan fingerprint density at radius 1 is 1.42 bits per heavy atom. The Labute approximate surface area is 132 Å². The standard InChI is InChI=1S/C13H24N4O.HI/c1-3-9-15-13(14-4-2)16-10-5-6-12(18)17-11-7-8-11;/h3,11H,1,4-10H2,2H3,(H,17,18)(H2,14,15,16);1H. The molecule has 0 atom stereocenters. The first kappa shape index (κ1) is 18.2. The molecule has 5 nitrogen and oxygen atoms in total. The largest absolute Gasteiger partial charge is 0.357 e. The van der Waals surface area contributed by atoms with E-state index in [-0.39, 0.29) is 29.9 Å². The van der Waals surface area contributed by atoms with Gasteiger partial charge in [0.1, 0.15) is 0 Å². The third-order valence-corrected chi connectivity index (χ3v) is 2.53. The van der Waals surface area contributed by atoms with E-state index in [9.17, 15) is 4.79 Å². The van der Waals surface area contributed by atoms with Crippen molar-refractivity contribution in [1.82, 2.24) is 16.0 Å². The third kappa shape index (κ3) is 9.75. The average molecular weight is 380 g/mol. The second kappa shape index (κ2) is 11.1. The highest BCUT2D eigenvalue weighted by atomic mass is 127.